The lowest BCUT2D eigenvalue weighted by Crippen LogP contribution is -2.58. The van der Waals surface area contributed by atoms with Gasteiger partial charge in [-0.25, -0.2) is 0 Å². The molecule has 2 aliphatic rings. The summed E-state index contributed by atoms with van der Waals surface area (Å²) >= 11 is 0. The van der Waals surface area contributed by atoms with Crippen LogP contribution >= 0.6 is 0 Å². The van der Waals surface area contributed by atoms with Crippen LogP contribution in [0.5, 0.6) is 0 Å². The number of likely N-dealkylation sites (tertiary alicyclic amines) is 1. The zero-order valence-electron chi connectivity index (χ0n) is 11.7. The van der Waals surface area contributed by atoms with E-state index in [1.165, 1.54) is 26.4 Å². The third kappa shape index (κ3) is 3.04. The number of rotatable bonds is 4. The average molecular weight is 254 g/mol. The Labute approximate surface area is 110 Å². The van der Waals surface area contributed by atoms with Crippen LogP contribution in [-0.2, 0) is 9.53 Å². The highest BCUT2D eigenvalue weighted by atomic mass is 16.5. The fourth-order valence-corrected chi connectivity index (χ4v) is 3.00. The zero-order chi connectivity index (χ0) is 13.2. The minimum Gasteiger partial charge on any atom is -0.468 e. The Bertz CT molecular complexity index is 304. The fraction of sp³-hybridized carbons (Fsp3) is 0.929. The molecule has 0 bridgehead atoms. The molecule has 1 saturated carbocycles. The van der Waals surface area contributed by atoms with E-state index in [0.717, 1.165) is 31.8 Å². The van der Waals surface area contributed by atoms with Gasteiger partial charge in [0, 0.05) is 6.54 Å². The Morgan fingerprint density at radius 3 is 2.67 bits per heavy atom. The van der Waals surface area contributed by atoms with Crippen molar-refractivity contribution in [3.8, 4) is 0 Å². The molecule has 1 saturated heterocycles. The maximum atomic E-state index is 12.0. The van der Waals surface area contributed by atoms with Gasteiger partial charge in [-0.15, -0.1) is 0 Å². The van der Waals surface area contributed by atoms with Crippen LogP contribution in [0.4, 0.5) is 0 Å². The molecule has 0 amide bonds. The van der Waals surface area contributed by atoms with Gasteiger partial charge in [0.25, 0.3) is 0 Å². The van der Waals surface area contributed by atoms with Crippen molar-refractivity contribution in [1.82, 2.24) is 4.90 Å². The molecule has 4 heteroatoms. The van der Waals surface area contributed by atoms with Gasteiger partial charge >= 0.3 is 5.97 Å². The molecule has 2 unspecified atom stereocenters. The van der Waals surface area contributed by atoms with E-state index in [1.807, 2.05) is 0 Å². The number of nitrogens with two attached hydrogens (primary N) is 1. The lowest BCUT2D eigenvalue weighted by molar-refractivity contribution is -0.148. The predicted octanol–water partition coefficient (Wildman–Crippen LogP) is 1.39. The molecule has 0 aromatic rings. The third-order valence-electron chi connectivity index (χ3n) is 4.47. The van der Waals surface area contributed by atoms with Crippen molar-refractivity contribution < 1.29 is 9.53 Å². The molecule has 2 N–H and O–H groups in total. The van der Waals surface area contributed by atoms with E-state index in [1.54, 1.807) is 0 Å². The van der Waals surface area contributed by atoms with Crippen molar-refractivity contribution in [2.45, 2.75) is 44.6 Å². The standard InChI is InChI=1S/C14H26N2O2/c1-11-4-3-8-16(9-7-11)10-14(15,12-5-6-12)13(17)18-2/h11-12H,3-10,15H2,1-2H3. The minimum atomic E-state index is -0.775. The molecule has 0 spiro atoms. The smallest absolute Gasteiger partial charge is 0.327 e. The van der Waals surface area contributed by atoms with Crippen LogP contribution < -0.4 is 5.73 Å². The van der Waals surface area contributed by atoms with Crippen molar-refractivity contribution in [2.24, 2.45) is 17.6 Å². The monoisotopic (exact) mass is 254 g/mol. The number of hydrogen-bond donors (Lipinski definition) is 1. The zero-order valence-corrected chi connectivity index (χ0v) is 11.7. The Kier molecular flexibility index (Phi) is 4.28. The highest BCUT2D eigenvalue weighted by Crippen LogP contribution is 2.39. The first kappa shape index (κ1) is 13.8. The fourth-order valence-electron chi connectivity index (χ4n) is 3.00. The summed E-state index contributed by atoms with van der Waals surface area (Å²) in [4.78, 5) is 14.3. The van der Waals surface area contributed by atoms with Crippen LogP contribution in [0.3, 0.4) is 0 Å². The van der Waals surface area contributed by atoms with E-state index in [-0.39, 0.29) is 5.97 Å². The van der Waals surface area contributed by atoms with Gasteiger partial charge in [-0.05, 0) is 57.0 Å². The normalized spacial score (nSPS) is 29.4. The highest BCUT2D eigenvalue weighted by molar-refractivity contribution is 5.81. The Hall–Kier alpha value is -0.610. The quantitative estimate of drug-likeness (QED) is 0.770. The SMILES string of the molecule is COC(=O)C(N)(CN1CCCC(C)CC1)C1CC1. The average Bonchev–Trinajstić information content (AvgIpc) is 3.17. The van der Waals surface area contributed by atoms with Crippen LogP contribution in [0.1, 0.15) is 39.0 Å². The summed E-state index contributed by atoms with van der Waals surface area (Å²) in [5, 5.41) is 0. The summed E-state index contributed by atoms with van der Waals surface area (Å²) < 4.78 is 4.92. The van der Waals surface area contributed by atoms with E-state index < -0.39 is 5.54 Å². The van der Waals surface area contributed by atoms with E-state index in [0.29, 0.717) is 12.5 Å². The van der Waals surface area contributed by atoms with E-state index in [4.69, 9.17) is 10.5 Å². The second-order valence-corrected chi connectivity index (χ2v) is 6.12. The van der Waals surface area contributed by atoms with E-state index in [2.05, 4.69) is 11.8 Å². The summed E-state index contributed by atoms with van der Waals surface area (Å²) in [5.41, 5.74) is 5.58. The molecule has 18 heavy (non-hydrogen) atoms. The molecule has 0 aromatic heterocycles. The molecule has 4 nitrogen and oxygen atoms in total. The molecule has 2 fully saturated rings. The van der Waals surface area contributed by atoms with Crippen LogP contribution in [0.25, 0.3) is 0 Å². The molecular formula is C14H26N2O2. The number of ether oxygens (including phenoxy) is 1. The molecule has 104 valence electrons. The molecule has 0 radical (unpaired) electrons. The lowest BCUT2D eigenvalue weighted by atomic mass is 9.93. The van der Waals surface area contributed by atoms with Gasteiger partial charge in [0.2, 0.25) is 0 Å². The predicted molar refractivity (Wildman–Crippen MR) is 71.1 cm³/mol. The number of esters is 1. The summed E-state index contributed by atoms with van der Waals surface area (Å²) in [5.74, 6) is 0.883. The second-order valence-electron chi connectivity index (χ2n) is 6.12. The van der Waals surface area contributed by atoms with Crippen molar-refractivity contribution in [3.05, 3.63) is 0 Å². The molecule has 1 heterocycles. The number of hydrogen-bond acceptors (Lipinski definition) is 4. The third-order valence-corrected chi connectivity index (χ3v) is 4.47. The molecular weight excluding hydrogens is 228 g/mol. The lowest BCUT2D eigenvalue weighted by Gasteiger charge is -2.32. The number of nitrogens with zero attached hydrogens (tertiary/aromatic N) is 1. The first-order valence-corrected chi connectivity index (χ1v) is 7.16. The topological polar surface area (TPSA) is 55.6 Å². The molecule has 0 aromatic carbocycles. The van der Waals surface area contributed by atoms with E-state index >= 15 is 0 Å². The second kappa shape index (κ2) is 5.57. The first-order chi connectivity index (χ1) is 8.56. The van der Waals surface area contributed by atoms with Crippen molar-refractivity contribution in [1.29, 1.82) is 0 Å². The Morgan fingerprint density at radius 2 is 2.06 bits per heavy atom. The highest BCUT2D eigenvalue weighted by Gasteiger charge is 2.49. The van der Waals surface area contributed by atoms with Gasteiger partial charge in [-0.3, -0.25) is 4.79 Å². The van der Waals surface area contributed by atoms with Gasteiger partial charge in [0.15, 0.2) is 0 Å². The molecule has 1 aliphatic carbocycles. The molecule has 1 aliphatic heterocycles. The Balaban J connectivity index is 1.98. The molecule has 2 rings (SSSR count). The summed E-state index contributed by atoms with van der Waals surface area (Å²) in [6, 6.07) is 0. The van der Waals surface area contributed by atoms with Crippen molar-refractivity contribution in [3.63, 3.8) is 0 Å². The first-order valence-electron chi connectivity index (χ1n) is 7.16. The number of carbonyl (C=O) groups excluding carboxylic acids is 1. The van der Waals surface area contributed by atoms with Gasteiger partial charge in [0.1, 0.15) is 5.54 Å². The van der Waals surface area contributed by atoms with Gasteiger partial charge in [-0.2, -0.15) is 0 Å². The van der Waals surface area contributed by atoms with E-state index in [9.17, 15) is 4.79 Å². The van der Waals surface area contributed by atoms with Crippen LogP contribution in [0.15, 0.2) is 0 Å². The van der Waals surface area contributed by atoms with Crippen molar-refractivity contribution in [2.75, 3.05) is 26.7 Å². The summed E-state index contributed by atoms with van der Waals surface area (Å²) in [7, 11) is 1.44. The Morgan fingerprint density at radius 1 is 1.33 bits per heavy atom. The van der Waals surface area contributed by atoms with Gasteiger partial charge in [0.05, 0.1) is 7.11 Å². The van der Waals surface area contributed by atoms with Gasteiger partial charge < -0.3 is 15.4 Å². The van der Waals surface area contributed by atoms with Crippen LogP contribution in [-0.4, -0.2) is 43.2 Å². The van der Waals surface area contributed by atoms with Crippen LogP contribution in [0.2, 0.25) is 0 Å². The van der Waals surface area contributed by atoms with Crippen molar-refractivity contribution >= 4 is 5.97 Å². The van der Waals surface area contributed by atoms with Crippen LogP contribution in [0, 0.1) is 11.8 Å². The van der Waals surface area contributed by atoms with Gasteiger partial charge in [-0.1, -0.05) is 6.92 Å². The number of methoxy groups -OCH3 is 1. The minimum absolute atomic E-state index is 0.234. The maximum Gasteiger partial charge on any atom is 0.327 e. The maximum absolute atomic E-state index is 12.0. The summed E-state index contributed by atoms with van der Waals surface area (Å²) in [6.45, 7) is 5.09. The summed E-state index contributed by atoms with van der Waals surface area (Å²) in [6.07, 6.45) is 5.84. The molecule has 2 atom stereocenters. The largest absolute Gasteiger partial charge is 0.468 e. The number of carbonyl (C=O) groups is 1.